The molecule has 0 aliphatic rings. The van der Waals surface area contributed by atoms with Crippen LogP contribution in [0.5, 0.6) is 5.75 Å². The van der Waals surface area contributed by atoms with E-state index in [1.165, 1.54) is 0 Å². The van der Waals surface area contributed by atoms with Crippen LogP contribution in [0, 0.1) is 0 Å². The molecular formula is C22H20N6O. The second-order valence-corrected chi connectivity index (χ2v) is 6.30. The number of nitrogens with zero attached hydrogens (tertiary/aromatic N) is 4. The van der Waals surface area contributed by atoms with E-state index in [0.29, 0.717) is 24.9 Å². The van der Waals surface area contributed by atoms with Gasteiger partial charge in [-0.15, -0.1) is 5.10 Å². The van der Waals surface area contributed by atoms with Gasteiger partial charge in [-0.1, -0.05) is 36.4 Å². The van der Waals surface area contributed by atoms with E-state index in [-0.39, 0.29) is 0 Å². The fourth-order valence-corrected chi connectivity index (χ4v) is 2.64. The minimum absolute atomic E-state index is 0.416. The first kappa shape index (κ1) is 18.4. The molecule has 2 heterocycles. The van der Waals surface area contributed by atoms with Gasteiger partial charge < -0.3 is 15.4 Å². The van der Waals surface area contributed by atoms with Crippen LogP contribution in [0.25, 0.3) is 0 Å². The quantitative estimate of drug-likeness (QED) is 0.471. The fourth-order valence-electron chi connectivity index (χ4n) is 2.64. The molecule has 0 amide bonds. The maximum atomic E-state index is 5.80. The predicted molar refractivity (Wildman–Crippen MR) is 112 cm³/mol. The number of aromatic nitrogens is 4. The van der Waals surface area contributed by atoms with Gasteiger partial charge >= 0.3 is 0 Å². The third kappa shape index (κ3) is 5.49. The summed E-state index contributed by atoms with van der Waals surface area (Å²) >= 11 is 0. The minimum Gasteiger partial charge on any atom is -0.489 e. The zero-order chi connectivity index (χ0) is 19.7. The molecule has 0 unspecified atom stereocenters. The number of rotatable bonds is 8. The highest BCUT2D eigenvalue weighted by atomic mass is 16.5. The lowest BCUT2D eigenvalue weighted by Gasteiger charge is -2.09. The van der Waals surface area contributed by atoms with Gasteiger partial charge in [0, 0.05) is 24.6 Å². The molecule has 0 saturated carbocycles. The van der Waals surface area contributed by atoms with Crippen LogP contribution in [0.4, 0.5) is 17.5 Å². The summed E-state index contributed by atoms with van der Waals surface area (Å²) in [5.41, 5.74) is 3.04. The van der Waals surface area contributed by atoms with Crippen molar-refractivity contribution in [2.75, 3.05) is 10.6 Å². The van der Waals surface area contributed by atoms with Crippen LogP contribution in [0.2, 0.25) is 0 Å². The molecule has 2 aromatic carbocycles. The van der Waals surface area contributed by atoms with Gasteiger partial charge in [-0.25, -0.2) is 0 Å². The van der Waals surface area contributed by atoms with Crippen molar-refractivity contribution >= 4 is 17.5 Å². The Bertz CT molecular complexity index is 1030. The van der Waals surface area contributed by atoms with E-state index in [9.17, 15) is 0 Å². The van der Waals surface area contributed by atoms with Crippen molar-refractivity contribution in [3.63, 3.8) is 0 Å². The highest BCUT2D eigenvalue weighted by Gasteiger charge is 2.03. The van der Waals surface area contributed by atoms with Crippen LogP contribution in [-0.2, 0) is 13.2 Å². The molecular weight excluding hydrogens is 364 g/mol. The molecule has 4 rings (SSSR count). The zero-order valence-corrected chi connectivity index (χ0v) is 15.7. The van der Waals surface area contributed by atoms with E-state index in [4.69, 9.17) is 4.74 Å². The highest BCUT2D eigenvalue weighted by molar-refractivity contribution is 5.55. The molecule has 2 N–H and O–H groups in total. The molecule has 7 heteroatoms. The Morgan fingerprint density at radius 1 is 0.828 bits per heavy atom. The van der Waals surface area contributed by atoms with Crippen molar-refractivity contribution in [3.8, 4) is 5.75 Å². The maximum Gasteiger partial charge on any atom is 0.249 e. The van der Waals surface area contributed by atoms with Crippen molar-refractivity contribution in [2.45, 2.75) is 13.2 Å². The summed E-state index contributed by atoms with van der Waals surface area (Å²) in [6, 6.07) is 21.6. The summed E-state index contributed by atoms with van der Waals surface area (Å²) in [4.78, 5) is 8.53. The van der Waals surface area contributed by atoms with E-state index < -0.39 is 0 Å². The SMILES string of the molecule is c1ccc(COc2ccc(Nc3nncc(NCc4cccnc4)n3)cc2)cc1. The molecule has 7 nitrogen and oxygen atoms in total. The third-order valence-corrected chi connectivity index (χ3v) is 4.11. The molecule has 0 saturated heterocycles. The average molecular weight is 384 g/mol. The van der Waals surface area contributed by atoms with Gasteiger partial charge in [0.05, 0.1) is 6.20 Å². The van der Waals surface area contributed by atoms with Crippen molar-refractivity contribution < 1.29 is 4.74 Å². The van der Waals surface area contributed by atoms with Crippen molar-refractivity contribution in [1.29, 1.82) is 0 Å². The number of nitrogens with one attached hydrogen (secondary N) is 2. The second kappa shape index (κ2) is 9.27. The monoisotopic (exact) mass is 384 g/mol. The molecule has 0 spiro atoms. The van der Waals surface area contributed by atoms with Crippen molar-refractivity contribution in [3.05, 3.63) is 96.4 Å². The third-order valence-electron chi connectivity index (χ3n) is 4.11. The van der Waals surface area contributed by atoms with Gasteiger partial charge in [-0.3, -0.25) is 4.98 Å². The minimum atomic E-state index is 0.416. The molecule has 4 aromatic rings. The Balaban J connectivity index is 1.33. The average Bonchev–Trinajstić information content (AvgIpc) is 2.79. The Labute approximate surface area is 168 Å². The fraction of sp³-hybridized carbons (Fsp3) is 0.0909. The molecule has 144 valence electrons. The van der Waals surface area contributed by atoms with Crippen LogP contribution in [-0.4, -0.2) is 20.2 Å². The topological polar surface area (TPSA) is 84.9 Å². The number of hydrogen-bond acceptors (Lipinski definition) is 7. The van der Waals surface area contributed by atoms with E-state index in [1.807, 2.05) is 72.9 Å². The first-order valence-electron chi connectivity index (χ1n) is 9.21. The van der Waals surface area contributed by atoms with Gasteiger partial charge in [0.1, 0.15) is 12.4 Å². The molecule has 0 aliphatic heterocycles. The predicted octanol–water partition coefficient (Wildman–Crippen LogP) is 4.20. The lowest BCUT2D eigenvalue weighted by molar-refractivity contribution is 0.306. The summed E-state index contributed by atoms with van der Waals surface area (Å²) in [6.07, 6.45) is 5.14. The normalized spacial score (nSPS) is 10.3. The van der Waals surface area contributed by atoms with E-state index in [0.717, 1.165) is 22.6 Å². The van der Waals surface area contributed by atoms with Crippen molar-refractivity contribution in [2.24, 2.45) is 0 Å². The van der Waals surface area contributed by atoms with E-state index in [1.54, 1.807) is 12.4 Å². The lowest BCUT2D eigenvalue weighted by Crippen LogP contribution is -2.05. The van der Waals surface area contributed by atoms with E-state index >= 15 is 0 Å². The van der Waals surface area contributed by atoms with Crippen LogP contribution in [0.15, 0.2) is 85.3 Å². The number of hydrogen-bond donors (Lipinski definition) is 2. The maximum absolute atomic E-state index is 5.80. The second-order valence-electron chi connectivity index (χ2n) is 6.30. The zero-order valence-electron chi connectivity index (χ0n) is 15.7. The summed E-state index contributed by atoms with van der Waals surface area (Å²) in [5, 5.41) is 14.4. The Morgan fingerprint density at radius 2 is 1.66 bits per heavy atom. The Morgan fingerprint density at radius 3 is 2.45 bits per heavy atom. The van der Waals surface area contributed by atoms with Crippen LogP contribution >= 0.6 is 0 Å². The van der Waals surface area contributed by atoms with Crippen LogP contribution in [0.3, 0.4) is 0 Å². The summed E-state index contributed by atoms with van der Waals surface area (Å²) in [7, 11) is 0. The van der Waals surface area contributed by atoms with Gasteiger partial charge in [0.15, 0.2) is 5.82 Å². The first-order chi connectivity index (χ1) is 14.3. The molecule has 0 fully saturated rings. The number of anilines is 3. The highest BCUT2D eigenvalue weighted by Crippen LogP contribution is 2.19. The molecule has 0 radical (unpaired) electrons. The van der Waals surface area contributed by atoms with E-state index in [2.05, 4.69) is 30.8 Å². The summed E-state index contributed by atoms with van der Waals surface area (Å²) in [6.45, 7) is 1.14. The van der Waals surface area contributed by atoms with Gasteiger partial charge in [-0.05, 0) is 41.5 Å². The molecule has 0 atom stereocenters. The number of pyridine rings is 1. The number of benzene rings is 2. The standard InChI is InChI=1S/C22H20N6O/c1-2-5-17(6-3-1)16-29-20-10-8-19(9-11-20)26-22-27-21(15-25-28-22)24-14-18-7-4-12-23-13-18/h1-13,15H,14,16H2,(H2,24,26,27,28). The molecule has 2 aromatic heterocycles. The summed E-state index contributed by atoms with van der Waals surface area (Å²) in [5.74, 6) is 1.85. The lowest BCUT2D eigenvalue weighted by atomic mass is 10.2. The van der Waals surface area contributed by atoms with Gasteiger partial charge in [-0.2, -0.15) is 10.1 Å². The summed E-state index contributed by atoms with van der Waals surface area (Å²) < 4.78 is 5.80. The van der Waals surface area contributed by atoms with Crippen LogP contribution < -0.4 is 15.4 Å². The molecule has 0 aliphatic carbocycles. The number of ether oxygens (including phenoxy) is 1. The largest absolute Gasteiger partial charge is 0.489 e. The Kier molecular flexibility index (Phi) is 5.87. The Hall–Kier alpha value is -4.00. The van der Waals surface area contributed by atoms with Crippen molar-refractivity contribution in [1.82, 2.24) is 20.2 Å². The first-order valence-corrected chi connectivity index (χ1v) is 9.21. The molecule has 29 heavy (non-hydrogen) atoms. The smallest absolute Gasteiger partial charge is 0.249 e. The van der Waals surface area contributed by atoms with Gasteiger partial charge in [0.2, 0.25) is 5.95 Å². The van der Waals surface area contributed by atoms with Gasteiger partial charge in [0.25, 0.3) is 0 Å². The van der Waals surface area contributed by atoms with Crippen LogP contribution in [0.1, 0.15) is 11.1 Å². The molecule has 0 bridgehead atoms.